The molecule has 0 radical (unpaired) electrons. The Morgan fingerprint density at radius 2 is 1.65 bits per heavy atom. The number of carboxylic acids is 1. The molecule has 1 saturated heterocycles. The van der Waals surface area contributed by atoms with Crippen molar-refractivity contribution in [1.82, 2.24) is 20.3 Å². The Morgan fingerprint density at radius 3 is 2.29 bits per heavy atom. The Labute approximate surface area is 281 Å². The van der Waals surface area contributed by atoms with E-state index < -0.39 is 40.0 Å². The number of nitrogens with one attached hydrogen (secondary N) is 3. The summed E-state index contributed by atoms with van der Waals surface area (Å²) in [5.74, 6) is -2.49. The molecular weight excluding hydrogens is 638 g/mol. The van der Waals surface area contributed by atoms with Crippen LogP contribution in [-0.4, -0.2) is 92.2 Å². The molecule has 1 unspecified atom stereocenters. The van der Waals surface area contributed by atoms with Gasteiger partial charge >= 0.3 is 5.97 Å². The summed E-state index contributed by atoms with van der Waals surface area (Å²) < 4.78 is 27.5. The van der Waals surface area contributed by atoms with E-state index in [0.717, 1.165) is 23.7 Å². The molecule has 14 nitrogen and oxygen atoms in total. The zero-order chi connectivity index (χ0) is 35.1. The van der Waals surface area contributed by atoms with Crippen LogP contribution in [0, 0.1) is 0 Å². The SMILES string of the molecule is CNCCCCCC(=O)N[C@@H](CCN=C(N)N)C(=O)Cc1ccc(C[C@H](NC(=O)C2CCCN2S(=O)(=O)c2ccccc2)C(=O)O)cc1. The highest BCUT2D eigenvalue weighted by atomic mass is 32.2. The minimum atomic E-state index is -3.94. The summed E-state index contributed by atoms with van der Waals surface area (Å²) in [5, 5.41) is 18.3. The second-order valence-corrected chi connectivity index (χ2v) is 13.7. The van der Waals surface area contributed by atoms with Crippen LogP contribution < -0.4 is 27.4 Å². The number of sulfonamides is 1. The van der Waals surface area contributed by atoms with Gasteiger partial charge in [0.1, 0.15) is 12.1 Å². The van der Waals surface area contributed by atoms with Crippen molar-refractivity contribution in [1.29, 1.82) is 0 Å². The fraction of sp³-hybridized carbons (Fsp3) is 0.485. The fourth-order valence-corrected chi connectivity index (χ4v) is 7.18. The van der Waals surface area contributed by atoms with E-state index in [2.05, 4.69) is 20.9 Å². The maximum absolute atomic E-state index is 13.2. The number of carbonyl (C=O) groups excluding carboxylic acids is 3. The van der Waals surface area contributed by atoms with Crippen molar-refractivity contribution >= 4 is 39.5 Å². The van der Waals surface area contributed by atoms with Crippen LogP contribution in [0.15, 0.2) is 64.5 Å². The van der Waals surface area contributed by atoms with Gasteiger partial charge in [-0.1, -0.05) is 48.9 Å². The van der Waals surface area contributed by atoms with E-state index in [4.69, 9.17) is 11.5 Å². The molecule has 2 aromatic rings. The predicted octanol–water partition coefficient (Wildman–Crippen LogP) is 0.692. The third-order valence-electron chi connectivity index (χ3n) is 8.08. The molecule has 0 aliphatic carbocycles. The molecule has 1 aliphatic heterocycles. The molecule has 262 valence electrons. The van der Waals surface area contributed by atoms with Crippen LogP contribution in [0.4, 0.5) is 0 Å². The van der Waals surface area contributed by atoms with E-state index in [1.807, 2.05) is 7.05 Å². The Morgan fingerprint density at radius 1 is 0.958 bits per heavy atom. The highest BCUT2D eigenvalue weighted by Gasteiger charge is 2.40. The number of benzene rings is 2. The quantitative estimate of drug-likeness (QED) is 0.0649. The Hall–Kier alpha value is -4.34. The number of guanidine groups is 1. The van der Waals surface area contributed by atoms with Gasteiger partial charge in [0.15, 0.2) is 11.7 Å². The summed E-state index contributed by atoms with van der Waals surface area (Å²) in [5.41, 5.74) is 12.1. The summed E-state index contributed by atoms with van der Waals surface area (Å²) in [6, 6.07) is 11.4. The molecule has 1 heterocycles. The first kappa shape index (κ1) is 38.1. The van der Waals surface area contributed by atoms with E-state index in [9.17, 15) is 32.7 Å². The molecule has 1 aliphatic rings. The van der Waals surface area contributed by atoms with Gasteiger partial charge in [-0.15, -0.1) is 0 Å². The number of nitrogens with zero attached hydrogens (tertiary/aromatic N) is 2. The smallest absolute Gasteiger partial charge is 0.326 e. The third-order valence-corrected chi connectivity index (χ3v) is 10.0. The fourth-order valence-electron chi connectivity index (χ4n) is 5.51. The zero-order valence-electron chi connectivity index (χ0n) is 27.3. The third kappa shape index (κ3) is 11.7. The monoisotopic (exact) mass is 685 g/mol. The molecule has 0 aromatic heterocycles. The van der Waals surface area contributed by atoms with Gasteiger partial charge < -0.3 is 32.5 Å². The second kappa shape index (κ2) is 18.9. The zero-order valence-corrected chi connectivity index (χ0v) is 28.1. The maximum atomic E-state index is 13.2. The van der Waals surface area contributed by atoms with Crippen molar-refractivity contribution in [2.24, 2.45) is 16.5 Å². The van der Waals surface area contributed by atoms with Gasteiger partial charge in [-0.05, 0) is 69.0 Å². The Balaban J connectivity index is 1.61. The van der Waals surface area contributed by atoms with Crippen molar-refractivity contribution < 1.29 is 32.7 Å². The molecule has 1 fully saturated rings. The van der Waals surface area contributed by atoms with Gasteiger partial charge in [0.2, 0.25) is 21.8 Å². The first-order chi connectivity index (χ1) is 22.9. The molecule has 48 heavy (non-hydrogen) atoms. The van der Waals surface area contributed by atoms with Crippen LogP contribution in [-0.2, 0) is 42.0 Å². The van der Waals surface area contributed by atoms with Gasteiger partial charge in [-0.3, -0.25) is 19.4 Å². The number of ketones is 1. The van der Waals surface area contributed by atoms with Gasteiger partial charge in [0.25, 0.3) is 0 Å². The average Bonchev–Trinajstić information content (AvgIpc) is 3.56. The number of carbonyl (C=O) groups is 4. The molecule has 3 atom stereocenters. The first-order valence-electron chi connectivity index (χ1n) is 16.1. The number of rotatable bonds is 20. The highest BCUT2D eigenvalue weighted by molar-refractivity contribution is 7.89. The Kier molecular flexibility index (Phi) is 15.0. The van der Waals surface area contributed by atoms with Crippen molar-refractivity contribution in [3.8, 4) is 0 Å². The summed E-state index contributed by atoms with van der Waals surface area (Å²) >= 11 is 0. The van der Waals surface area contributed by atoms with Gasteiger partial charge in [0, 0.05) is 32.4 Å². The van der Waals surface area contributed by atoms with Gasteiger partial charge in [0.05, 0.1) is 10.9 Å². The molecule has 0 spiro atoms. The van der Waals surface area contributed by atoms with Crippen LogP contribution in [0.25, 0.3) is 0 Å². The van der Waals surface area contributed by atoms with E-state index in [1.54, 1.807) is 42.5 Å². The lowest BCUT2D eigenvalue weighted by atomic mass is 9.98. The summed E-state index contributed by atoms with van der Waals surface area (Å²) in [6.07, 6.45) is 3.76. The largest absolute Gasteiger partial charge is 0.480 e. The number of Topliss-reactive ketones (excluding diaryl/α,β-unsaturated/α-hetero) is 1. The summed E-state index contributed by atoms with van der Waals surface area (Å²) in [4.78, 5) is 55.1. The van der Waals surface area contributed by atoms with E-state index in [0.29, 0.717) is 30.4 Å². The minimum Gasteiger partial charge on any atom is -0.480 e. The highest BCUT2D eigenvalue weighted by Crippen LogP contribution is 2.26. The number of amides is 2. The van der Waals surface area contributed by atoms with Crippen molar-refractivity contribution in [2.75, 3.05) is 26.7 Å². The van der Waals surface area contributed by atoms with Crippen molar-refractivity contribution in [2.45, 2.75) is 80.8 Å². The van der Waals surface area contributed by atoms with Crippen LogP contribution in [0.1, 0.15) is 56.1 Å². The molecular formula is C33H47N7O7S. The van der Waals surface area contributed by atoms with Crippen LogP contribution >= 0.6 is 0 Å². The molecule has 2 aromatic carbocycles. The molecule has 3 rings (SSSR count). The number of aliphatic imine (C=N–C) groups is 1. The summed E-state index contributed by atoms with van der Waals surface area (Å²) in [6.45, 7) is 1.19. The number of aliphatic carboxylic acids is 1. The minimum absolute atomic E-state index is 0.0156. The van der Waals surface area contributed by atoms with Gasteiger partial charge in [-0.2, -0.15) is 4.31 Å². The normalized spacial score (nSPS) is 16.1. The van der Waals surface area contributed by atoms with Crippen molar-refractivity contribution in [3.05, 3.63) is 65.7 Å². The number of carboxylic acid groups (broad SMARTS) is 1. The van der Waals surface area contributed by atoms with E-state index in [1.165, 1.54) is 12.1 Å². The number of nitrogens with two attached hydrogens (primary N) is 2. The summed E-state index contributed by atoms with van der Waals surface area (Å²) in [7, 11) is -2.07. The predicted molar refractivity (Wildman–Crippen MR) is 181 cm³/mol. The van der Waals surface area contributed by atoms with Crippen LogP contribution in [0.3, 0.4) is 0 Å². The van der Waals surface area contributed by atoms with E-state index in [-0.39, 0.29) is 61.3 Å². The lowest BCUT2D eigenvalue weighted by Crippen LogP contribution is -2.51. The Bertz CT molecular complexity index is 1510. The maximum Gasteiger partial charge on any atom is 0.326 e. The average molecular weight is 686 g/mol. The number of unbranched alkanes of at least 4 members (excludes halogenated alkanes) is 2. The molecule has 8 N–H and O–H groups in total. The van der Waals surface area contributed by atoms with Crippen LogP contribution in [0.5, 0.6) is 0 Å². The topological polar surface area (TPSA) is 226 Å². The molecule has 0 saturated carbocycles. The molecule has 2 amide bonds. The molecule has 15 heteroatoms. The van der Waals surface area contributed by atoms with Crippen LogP contribution in [0.2, 0.25) is 0 Å². The molecule has 0 bridgehead atoms. The first-order valence-corrected chi connectivity index (χ1v) is 17.6. The van der Waals surface area contributed by atoms with Crippen molar-refractivity contribution in [3.63, 3.8) is 0 Å². The standard InChI is InChI=1S/C33H47N7O7S/c1-36-18-7-3-6-12-30(42)38-26(17-19-37-33(34)35)29(41)22-24-15-13-23(14-16-24)21-27(32(44)45)39-31(43)28-11-8-20-40(28)48(46,47)25-9-4-2-5-10-25/h2,4-5,9-10,13-16,26-28,36H,3,6-8,11-12,17-22H2,1H3,(H,38,42)(H,39,43)(H,44,45)(H4,34,35,37)/t26-,27-,28?/m0/s1. The lowest BCUT2D eigenvalue weighted by Gasteiger charge is -2.25. The second-order valence-electron chi connectivity index (χ2n) is 11.8. The number of hydrogen-bond donors (Lipinski definition) is 6. The lowest BCUT2D eigenvalue weighted by molar-refractivity contribution is -0.142. The van der Waals surface area contributed by atoms with E-state index >= 15 is 0 Å². The van der Waals surface area contributed by atoms with Gasteiger partial charge in [-0.25, -0.2) is 13.2 Å². The number of hydrogen-bond acceptors (Lipinski definition) is 8.